The van der Waals surface area contributed by atoms with Crippen LogP contribution >= 0.6 is 0 Å². The van der Waals surface area contributed by atoms with Gasteiger partial charge in [0.1, 0.15) is 0 Å². The number of anilines is 1. The third-order valence-electron chi connectivity index (χ3n) is 3.72. The topological polar surface area (TPSA) is 48.0 Å². The average Bonchev–Trinajstić information content (AvgIpc) is 3.00. The van der Waals surface area contributed by atoms with Crippen LogP contribution in [0.1, 0.15) is 17.5 Å². The average molecular weight is 280 g/mol. The van der Waals surface area contributed by atoms with Crippen molar-refractivity contribution in [2.45, 2.75) is 19.4 Å². The molecule has 3 heteroatoms. The summed E-state index contributed by atoms with van der Waals surface area (Å²) in [5, 5.41) is 13.7. The molecule has 0 radical (unpaired) electrons. The highest BCUT2D eigenvalue weighted by Gasteiger charge is 2.02. The van der Waals surface area contributed by atoms with Gasteiger partial charge in [-0.3, -0.25) is 0 Å². The number of fused-ring (bicyclic) bond motifs is 1. The Morgan fingerprint density at radius 1 is 1.05 bits per heavy atom. The van der Waals surface area contributed by atoms with Gasteiger partial charge in [-0.15, -0.1) is 0 Å². The third-order valence-corrected chi connectivity index (χ3v) is 3.72. The summed E-state index contributed by atoms with van der Waals surface area (Å²) >= 11 is 0. The number of hydrogen-bond donors (Lipinski definition) is 3. The van der Waals surface area contributed by atoms with Crippen LogP contribution in [0.25, 0.3) is 10.9 Å². The quantitative estimate of drug-likeness (QED) is 0.644. The molecule has 1 heterocycles. The zero-order valence-corrected chi connectivity index (χ0v) is 12.0. The maximum absolute atomic E-state index is 8.91. The first-order valence-electron chi connectivity index (χ1n) is 7.35. The van der Waals surface area contributed by atoms with E-state index in [2.05, 4.69) is 58.8 Å². The lowest BCUT2D eigenvalue weighted by Gasteiger charge is -2.09. The number of nitrogens with one attached hydrogen (secondary N) is 2. The van der Waals surface area contributed by atoms with Crippen LogP contribution in [0.5, 0.6) is 0 Å². The maximum Gasteiger partial charge on any atom is 0.0457 e. The molecular formula is C18H20N2O. The van der Waals surface area contributed by atoms with Gasteiger partial charge in [0.2, 0.25) is 0 Å². The van der Waals surface area contributed by atoms with E-state index in [0.29, 0.717) is 0 Å². The van der Waals surface area contributed by atoms with Gasteiger partial charge in [-0.1, -0.05) is 24.3 Å². The Bertz CT molecular complexity index is 718. The van der Waals surface area contributed by atoms with E-state index in [-0.39, 0.29) is 6.61 Å². The molecule has 3 aromatic rings. The van der Waals surface area contributed by atoms with Gasteiger partial charge < -0.3 is 15.4 Å². The van der Waals surface area contributed by atoms with Gasteiger partial charge >= 0.3 is 0 Å². The molecule has 3 nitrogen and oxygen atoms in total. The van der Waals surface area contributed by atoms with E-state index in [4.69, 9.17) is 5.11 Å². The van der Waals surface area contributed by atoms with Crippen molar-refractivity contribution in [2.24, 2.45) is 0 Å². The molecule has 0 atom stereocenters. The number of aryl methyl sites for hydroxylation is 1. The van der Waals surface area contributed by atoms with Crippen LogP contribution in [0.15, 0.2) is 54.7 Å². The normalized spacial score (nSPS) is 10.9. The summed E-state index contributed by atoms with van der Waals surface area (Å²) in [6.07, 6.45) is 3.70. The highest BCUT2D eigenvalue weighted by molar-refractivity contribution is 5.83. The van der Waals surface area contributed by atoms with E-state index in [9.17, 15) is 0 Å². The molecule has 0 aliphatic heterocycles. The molecule has 3 rings (SSSR count). The van der Waals surface area contributed by atoms with Crippen LogP contribution in [0, 0.1) is 0 Å². The Hall–Kier alpha value is -2.26. The van der Waals surface area contributed by atoms with Gasteiger partial charge in [0, 0.05) is 35.9 Å². The predicted molar refractivity (Wildman–Crippen MR) is 87.5 cm³/mol. The van der Waals surface area contributed by atoms with E-state index in [1.165, 1.54) is 22.0 Å². The van der Waals surface area contributed by atoms with Gasteiger partial charge in [-0.05, 0) is 48.2 Å². The summed E-state index contributed by atoms with van der Waals surface area (Å²) in [4.78, 5) is 3.24. The molecule has 0 aliphatic carbocycles. The number of aromatic amines is 1. The Kier molecular flexibility index (Phi) is 4.22. The Balaban J connectivity index is 1.71. The van der Waals surface area contributed by atoms with Crippen LogP contribution in [0.4, 0.5) is 5.69 Å². The molecule has 0 saturated heterocycles. The lowest BCUT2D eigenvalue weighted by atomic mass is 10.1. The molecule has 0 spiro atoms. The van der Waals surface area contributed by atoms with E-state index in [1.807, 2.05) is 6.20 Å². The maximum atomic E-state index is 8.91. The van der Waals surface area contributed by atoms with Crippen LogP contribution in [-0.4, -0.2) is 16.7 Å². The van der Waals surface area contributed by atoms with Crippen molar-refractivity contribution in [1.82, 2.24) is 4.98 Å². The molecule has 0 saturated carbocycles. The van der Waals surface area contributed by atoms with Gasteiger partial charge in [0.05, 0.1) is 0 Å². The first-order chi connectivity index (χ1) is 10.4. The number of H-pyrrole nitrogens is 1. The van der Waals surface area contributed by atoms with E-state index >= 15 is 0 Å². The highest BCUT2D eigenvalue weighted by Crippen LogP contribution is 2.19. The summed E-state index contributed by atoms with van der Waals surface area (Å²) in [5.41, 5.74) is 4.84. The van der Waals surface area contributed by atoms with Gasteiger partial charge in [0.25, 0.3) is 0 Å². The van der Waals surface area contributed by atoms with Crippen molar-refractivity contribution < 1.29 is 5.11 Å². The standard InChI is InChI=1S/C18H20N2O/c21-11-3-5-14-4-1-7-16(12-14)20-13-15-6-2-8-18-17(15)9-10-19-18/h1-2,4,6-10,12,19-21H,3,5,11,13H2. The second-order valence-electron chi connectivity index (χ2n) is 5.24. The summed E-state index contributed by atoms with van der Waals surface area (Å²) in [5.74, 6) is 0. The zero-order chi connectivity index (χ0) is 14.5. The summed E-state index contributed by atoms with van der Waals surface area (Å²) in [6.45, 7) is 1.05. The predicted octanol–water partition coefficient (Wildman–Crippen LogP) is 3.70. The molecule has 108 valence electrons. The minimum absolute atomic E-state index is 0.243. The minimum Gasteiger partial charge on any atom is -0.396 e. The number of rotatable bonds is 6. The highest BCUT2D eigenvalue weighted by atomic mass is 16.2. The number of hydrogen-bond acceptors (Lipinski definition) is 2. The molecule has 21 heavy (non-hydrogen) atoms. The molecule has 0 fully saturated rings. The molecule has 0 aliphatic rings. The zero-order valence-electron chi connectivity index (χ0n) is 12.0. The minimum atomic E-state index is 0.243. The van der Waals surface area contributed by atoms with Crippen molar-refractivity contribution in [2.75, 3.05) is 11.9 Å². The van der Waals surface area contributed by atoms with Gasteiger partial charge in [-0.2, -0.15) is 0 Å². The summed E-state index contributed by atoms with van der Waals surface area (Å²) < 4.78 is 0. The second-order valence-corrected chi connectivity index (χ2v) is 5.24. The Morgan fingerprint density at radius 2 is 1.95 bits per heavy atom. The summed E-state index contributed by atoms with van der Waals surface area (Å²) in [7, 11) is 0. The number of aliphatic hydroxyl groups is 1. The molecule has 1 aromatic heterocycles. The first kappa shape index (κ1) is 13.7. The monoisotopic (exact) mass is 280 g/mol. The molecule has 0 bridgehead atoms. The van der Waals surface area contributed by atoms with Gasteiger partial charge in [-0.25, -0.2) is 0 Å². The van der Waals surface area contributed by atoms with Crippen LogP contribution in [0.3, 0.4) is 0 Å². The van der Waals surface area contributed by atoms with Gasteiger partial charge in [0.15, 0.2) is 0 Å². The number of aromatic nitrogens is 1. The first-order valence-corrected chi connectivity index (χ1v) is 7.35. The number of aliphatic hydroxyl groups excluding tert-OH is 1. The molecule has 0 unspecified atom stereocenters. The van der Waals surface area contributed by atoms with E-state index in [1.54, 1.807) is 0 Å². The second kappa shape index (κ2) is 6.46. The van der Waals surface area contributed by atoms with E-state index < -0.39 is 0 Å². The molecule has 0 amide bonds. The van der Waals surface area contributed by atoms with E-state index in [0.717, 1.165) is 25.1 Å². The third kappa shape index (κ3) is 3.26. The number of benzene rings is 2. The molecule has 2 aromatic carbocycles. The van der Waals surface area contributed by atoms with Crippen LogP contribution < -0.4 is 5.32 Å². The lowest BCUT2D eigenvalue weighted by Crippen LogP contribution is -2.00. The Morgan fingerprint density at radius 3 is 2.86 bits per heavy atom. The largest absolute Gasteiger partial charge is 0.396 e. The Labute approximate surface area is 124 Å². The van der Waals surface area contributed by atoms with Crippen molar-refractivity contribution in [3.8, 4) is 0 Å². The van der Waals surface area contributed by atoms with Crippen molar-refractivity contribution >= 4 is 16.6 Å². The SMILES string of the molecule is OCCCc1cccc(NCc2cccc3[nH]ccc23)c1. The summed E-state index contributed by atoms with van der Waals surface area (Å²) in [6, 6.07) is 16.8. The smallest absolute Gasteiger partial charge is 0.0457 e. The lowest BCUT2D eigenvalue weighted by molar-refractivity contribution is 0.288. The molecule has 3 N–H and O–H groups in total. The fourth-order valence-electron chi connectivity index (χ4n) is 2.62. The van der Waals surface area contributed by atoms with Crippen molar-refractivity contribution in [3.63, 3.8) is 0 Å². The molecular weight excluding hydrogens is 260 g/mol. The van der Waals surface area contributed by atoms with Crippen molar-refractivity contribution in [1.29, 1.82) is 0 Å². The van der Waals surface area contributed by atoms with Crippen molar-refractivity contribution in [3.05, 3.63) is 65.9 Å². The fourth-order valence-corrected chi connectivity index (χ4v) is 2.62. The van der Waals surface area contributed by atoms with Crippen LogP contribution in [-0.2, 0) is 13.0 Å². The fraction of sp³-hybridized carbons (Fsp3) is 0.222. The van der Waals surface area contributed by atoms with Crippen LogP contribution in [0.2, 0.25) is 0 Å².